The molecule has 0 radical (unpaired) electrons. The molecule has 0 amide bonds. The SMILES string of the molecule is CC(=O)c1c(-c2ccc(Cl)cc2)c(-c2ccc(Cl)cc2)cn(CCOC(=O)C(N)C(C)C)c1=O.Cl. The lowest BCUT2D eigenvalue weighted by atomic mass is 9.91. The first kappa shape index (κ1) is 28.6. The summed E-state index contributed by atoms with van der Waals surface area (Å²) in [5, 5.41) is 1.10. The van der Waals surface area contributed by atoms with Gasteiger partial charge in [-0.1, -0.05) is 61.3 Å². The van der Waals surface area contributed by atoms with Crippen molar-refractivity contribution in [3.05, 3.63) is 80.7 Å². The summed E-state index contributed by atoms with van der Waals surface area (Å²) in [6.07, 6.45) is 1.66. The molecule has 186 valence electrons. The third-order valence-corrected chi connectivity index (χ3v) is 5.99. The molecule has 9 heteroatoms. The van der Waals surface area contributed by atoms with Crippen molar-refractivity contribution in [3.63, 3.8) is 0 Å². The van der Waals surface area contributed by atoms with Crippen molar-refractivity contribution in [1.29, 1.82) is 0 Å². The standard InChI is InChI=1S/C26H26Cl2N2O4.ClH/c1-15(2)24(29)26(33)34-13-12-30-14-21(17-4-8-19(27)9-5-17)23(22(16(3)31)25(30)32)18-6-10-20(28)11-7-18;/h4-11,14-15,24H,12-13,29H2,1-3H3;1H. The van der Waals surface area contributed by atoms with E-state index in [1.165, 1.54) is 11.5 Å². The van der Waals surface area contributed by atoms with Crippen molar-refractivity contribution < 1.29 is 14.3 Å². The summed E-state index contributed by atoms with van der Waals surface area (Å²) >= 11 is 12.1. The number of esters is 1. The van der Waals surface area contributed by atoms with Crippen molar-refractivity contribution in [3.8, 4) is 22.3 Å². The smallest absolute Gasteiger partial charge is 0.323 e. The van der Waals surface area contributed by atoms with Gasteiger partial charge in [0.25, 0.3) is 5.56 Å². The van der Waals surface area contributed by atoms with Gasteiger partial charge < -0.3 is 15.0 Å². The number of carbonyl (C=O) groups excluding carboxylic acids is 2. The normalized spacial score (nSPS) is 11.6. The summed E-state index contributed by atoms with van der Waals surface area (Å²) in [6.45, 7) is 5.01. The van der Waals surface area contributed by atoms with Gasteiger partial charge in [0, 0.05) is 27.4 Å². The molecular formula is C26H27Cl3N2O4. The largest absolute Gasteiger partial charge is 0.463 e. The van der Waals surface area contributed by atoms with Crippen LogP contribution in [0.25, 0.3) is 22.3 Å². The van der Waals surface area contributed by atoms with Crippen LogP contribution in [0.2, 0.25) is 10.0 Å². The second-order valence-corrected chi connectivity index (χ2v) is 9.17. The first-order valence-corrected chi connectivity index (χ1v) is 11.6. The van der Waals surface area contributed by atoms with Gasteiger partial charge in [-0.25, -0.2) is 0 Å². The number of hydrogen-bond acceptors (Lipinski definition) is 5. The number of hydrogen-bond donors (Lipinski definition) is 1. The van der Waals surface area contributed by atoms with Crippen LogP contribution in [0.3, 0.4) is 0 Å². The van der Waals surface area contributed by atoms with Crippen molar-refractivity contribution in [2.24, 2.45) is 11.7 Å². The Hall–Kier alpha value is -2.64. The minimum atomic E-state index is -0.749. The first-order valence-electron chi connectivity index (χ1n) is 10.8. The summed E-state index contributed by atoms with van der Waals surface area (Å²) in [6, 6.07) is 13.3. The summed E-state index contributed by atoms with van der Waals surface area (Å²) in [4.78, 5) is 38.2. The van der Waals surface area contributed by atoms with E-state index in [0.29, 0.717) is 26.7 Å². The fourth-order valence-electron chi connectivity index (χ4n) is 3.53. The van der Waals surface area contributed by atoms with Crippen LogP contribution in [0.5, 0.6) is 0 Å². The maximum atomic E-state index is 13.4. The molecule has 0 aliphatic heterocycles. The highest BCUT2D eigenvalue weighted by atomic mass is 35.5. The van der Waals surface area contributed by atoms with Crippen LogP contribution in [0.4, 0.5) is 0 Å². The topological polar surface area (TPSA) is 91.4 Å². The van der Waals surface area contributed by atoms with Crippen molar-refractivity contribution in [2.75, 3.05) is 6.61 Å². The van der Waals surface area contributed by atoms with Crippen molar-refractivity contribution in [2.45, 2.75) is 33.4 Å². The molecule has 1 aromatic heterocycles. The van der Waals surface area contributed by atoms with Crippen LogP contribution >= 0.6 is 35.6 Å². The van der Waals surface area contributed by atoms with Crippen molar-refractivity contribution in [1.82, 2.24) is 4.57 Å². The molecule has 0 fully saturated rings. The second kappa shape index (κ2) is 12.4. The Labute approximate surface area is 220 Å². The zero-order valence-electron chi connectivity index (χ0n) is 19.6. The highest BCUT2D eigenvalue weighted by molar-refractivity contribution is 6.31. The Balaban J connectivity index is 0.00000432. The number of ketones is 1. The molecule has 0 aliphatic rings. The molecule has 0 saturated heterocycles. The summed E-state index contributed by atoms with van der Waals surface area (Å²) in [5.41, 5.74) is 8.02. The molecule has 1 atom stereocenters. The number of benzene rings is 2. The zero-order valence-corrected chi connectivity index (χ0v) is 21.9. The number of Topliss-reactive ketones (excluding diaryl/α,β-unsaturated/α-hetero) is 1. The molecular weight excluding hydrogens is 511 g/mol. The van der Waals surface area contributed by atoms with Crippen LogP contribution in [0.1, 0.15) is 31.1 Å². The lowest BCUT2D eigenvalue weighted by Crippen LogP contribution is -2.38. The van der Waals surface area contributed by atoms with Gasteiger partial charge >= 0.3 is 5.97 Å². The molecule has 3 aromatic rings. The molecule has 0 spiro atoms. The maximum absolute atomic E-state index is 13.4. The molecule has 0 saturated carbocycles. The van der Waals surface area contributed by atoms with Crippen LogP contribution < -0.4 is 11.3 Å². The quantitative estimate of drug-likeness (QED) is 0.297. The lowest BCUT2D eigenvalue weighted by molar-refractivity contribution is -0.146. The van der Waals surface area contributed by atoms with Gasteiger partial charge in [-0.2, -0.15) is 0 Å². The molecule has 1 heterocycles. The highest BCUT2D eigenvalue weighted by Gasteiger charge is 2.23. The Kier molecular flexibility index (Phi) is 10.1. The van der Waals surface area contributed by atoms with E-state index >= 15 is 0 Å². The number of ether oxygens (including phenoxy) is 1. The van der Waals surface area contributed by atoms with E-state index in [-0.39, 0.29) is 42.8 Å². The zero-order chi connectivity index (χ0) is 25.0. The monoisotopic (exact) mass is 536 g/mol. The molecule has 2 N–H and O–H groups in total. The Morgan fingerprint density at radius 3 is 1.97 bits per heavy atom. The van der Waals surface area contributed by atoms with E-state index in [2.05, 4.69) is 0 Å². The molecule has 1 unspecified atom stereocenters. The fraction of sp³-hybridized carbons (Fsp3) is 0.269. The van der Waals surface area contributed by atoms with Crippen LogP contribution in [-0.2, 0) is 16.1 Å². The highest BCUT2D eigenvalue weighted by Crippen LogP contribution is 2.35. The fourth-order valence-corrected chi connectivity index (χ4v) is 3.79. The average molecular weight is 538 g/mol. The van der Waals surface area contributed by atoms with Gasteiger partial charge in [-0.05, 0) is 48.2 Å². The average Bonchev–Trinajstić information content (AvgIpc) is 2.80. The second-order valence-electron chi connectivity index (χ2n) is 8.30. The summed E-state index contributed by atoms with van der Waals surface area (Å²) in [7, 11) is 0. The van der Waals surface area contributed by atoms with Crippen LogP contribution in [0.15, 0.2) is 59.5 Å². The molecule has 2 aromatic carbocycles. The predicted molar refractivity (Wildman–Crippen MR) is 143 cm³/mol. The Bertz CT molecular complexity index is 1250. The van der Waals surface area contributed by atoms with Crippen LogP contribution in [0, 0.1) is 5.92 Å². The number of halogens is 3. The van der Waals surface area contributed by atoms with E-state index in [9.17, 15) is 14.4 Å². The Morgan fingerprint density at radius 2 is 1.49 bits per heavy atom. The van der Waals surface area contributed by atoms with E-state index < -0.39 is 17.6 Å². The third-order valence-electron chi connectivity index (χ3n) is 5.49. The number of pyridine rings is 1. The van der Waals surface area contributed by atoms with Gasteiger partial charge in [-0.3, -0.25) is 14.4 Å². The van der Waals surface area contributed by atoms with E-state index in [4.69, 9.17) is 33.7 Å². The van der Waals surface area contributed by atoms with Gasteiger partial charge in [0.05, 0.1) is 12.1 Å². The summed E-state index contributed by atoms with van der Waals surface area (Å²) < 4.78 is 6.66. The van der Waals surface area contributed by atoms with Gasteiger partial charge in [0.2, 0.25) is 0 Å². The molecule has 6 nitrogen and oxygen atoms in total. The summed E-state index contributed by atoms with van der Waals surface area (Å²) in [5.74, 6) is -0.987. The minimum Gasteiger partial charge on any atom is -0.463 e. The number of rotatable bonds is 8. The van der Waals surface area contributed by atoms with Crippen LogP contribution in [-0.4, -0.2) is 29.0 Å². The van der Waals surface area contributed by atoms with E-state index in [0.717, 1.165) is 5.56 Å². The predicted octanol–water partition coefficient (Wildman–Crippen LogP) is 5.64. The number of nitrogens with zero attached hydrogens (tertiary/aromatic N) is 1. The van der Waals surface area contributed by atoms with Gasteiger partial charge in [0.15, 0.2) is 5.78 Å². The van der Waals surface area contributed by atoms with Crippen molar-refractivity contribution >= 4 is 47.4 Å². The first-order chi connectivity index (χ1) is 16.1. The molecule has 35 heavy (non-hydrogen) atoms. The molecule has 0 aliphatic carbocycles. The number of nitrogens with two attached hydrogens (primary N) is 1. The third kappa shape index (κ3) is 6.73. The number of aromatic nitrogens is 1. The minimum absolute atomic E-state index is 0. The Morgan fingerprint density at radius 1 is 0.971 bits per heavy atom. The molecule has 3 rings (SSSR count). The number of carbonyl (C=O) groups is 2. The van der Waals surface area contributed by atoms with Gasteiger partial charge in [-0.15, -0.1) is 12.4 Å². The molecule has 0 bridgehead atoms. The van der Waals surface area contributed by atoms with E-state index in [1.807, 2.05) is 26.0 Å². The maximum Gasteiger partial charge on any atom is 0.323 e. The van der Waals surface area contributed by atoms with E-state index in [1.54, 1.807) is 42.6 Å². The van der Waals surface area contributed by atoms with Gasteiger partial charge in [0.1, 0.15) is 12.6 Å². The lowest BCUT2D eigenvalue weighted by Gasteiger charge is -2.19.